The highest BCUT2D eigenvalue weighted by Gasteiger charge is 2.41. The number of ketones is 1. The maximum absolute atomic E-state index is 12.9. The summed E-state index contributed by atoms with van der Waals surface area (Å²) in [5.74, 6) is 1.23. The number of carbonyl (C=O) groups excluding carboxylic acids is 1. The molecular formula is C20H22N2O5. The largest absolute Gasteiger partial charge is 0.493 e. The summed E-state index contributed by atoms with van der Waals surface area (Å²) in [7, 11) is 4.53. The zero-order valence-corrected chi connectivity index (χ0v) is 15.8. The van der Waals surface area contributed by atoms with Crippen LogP contribution in [0.2, 0.25) is 0 Å². The molecule has 1 aliphatic heterocycles. The van der Waals surface area contributed by atoms with Gasteiger partial charge in [0.15, 0.2) is 17.3 Å². The van der Waals surface area contributed by atoms with Gasteiger partial charge in [-0.2, -0.15) is 5.26 Å². The van der Waals surface area contributed by atoms with E-state index >= 15 is 0 Å². The fourth-order valence-corrected chi connectivity index (χ4v) is 3.76. The van der Waals surface area contributed by atoms with Gasteiger partial charge in [-0.15, -0.1) is 0 Å². The zero-order chi connectivity index (χ0) is 19.7. The smallest absolute Gasteiger partial charge is 0.205 e. The molecule has 1 aliphatic carbocycles. The number of hydrogen-bond donors (Lipinski definition) is 1. The van der Waals surface area contributed by atoms with Crippen molar-refractivity contribution < 1.29 is 23.7 Å². The second kappa shape index (κ2) is 7.23. The van der Waals surface area contributed by atoms with E-state index in [1.807, 2.05) is 6.92 Å². The van der Waals surface area contributed by atoms with Gasteiger partial charge in [0.2, 0.25) is 11.6 Å². The van der Waals surface area contributed by atoms with Gasteiger partial charge in [-0.05, 0) is 12.0 Å². The quantitative estimate of drug-likeness (QED) is 0.869. The molecule has 1 aromatic carbocycles. The van der Waals surface area contributed by atoms with Crippen molar-refractivity contribution in [1.29, 1.82) is 5.26 Å². The average Bonchev–Trinajstić information content (AvgIpc) is 2.65. The molecule has 7 heteroatoms. The van der Waals surface area contributed by atoms with Crippen molar-refractivity contribution in [3.8, 4) is 23.3 Å². The summed E-state index contributed by atoms with van der Waals surface area (Å²) in [4.78, 5) is 12.9. The van der Waals surface area contributed by atoms with Gasteiger partial charge in [0.05, 0.1) is 27.2 Å². The van der Waals surface area contributed by atoms with Crippen molar-refractivity contribution in [1.82, 2.24) is 0 Å². The SMILES string of the molecule is COc1ccc([C@H]2C(C#N)=C(N)OC3=C2C(=O)C[C@@H](C)C3)c(OC)c1OC. The van der Waals surface area contributed by atoms with Crippen molar-refractivity contribution in [2.75, 3.05) is 21.3 Å². The van der Waals surface area contributed by atoms with Crippen molar-refractivity contribution in [3.05, 3.63) is 40.5 Å². The standard InChI is InChI=1S/C20H22N2O5/c1-10-7-13(23)17-15(8-10)27-20(22)12(9-21)16(17)11-5-6-14(24-2)19(26-4)18(11)25-3/h5-6,10,16H,7-8,22H2,1-4H3/t10-,16+/m1/s1. The minimum Gasteiger partial charge on any atom is -0.493 e. The first-order valence-electron chi connectivity index (χ1n) is 8.59. The Morgan fingerprint density at radius 2 is 1.85 bits per heavy atom. The number of hydrogen-bond acceptors (Lipinski definition) is 7. The number of carbonyl (C=O) groups is 1. The molecule has 2 aliphatic rings. The molecule has 27 heavy (non-hydrogen) atoms. The van der Waals surface area contributed by atoms with Crippen LogP contribution in [0.4, 0.5) is 0 Å². The number of nitrogens with two attached hydrogens (primary N) is 1. The summed E-state index contributed by atoms with van der Waals surface area (Å²) < 4.78 is 22.0. The third kappa shape index (κ3) is 2.97. The minimum absolute atomic E-state index is 0.0139. The summed E-state index contributed by atoms with van der Waals surface area (Å²) in [5, 5.41) is 9.71. The summed E-state index contributed by atoms with van der Waals surface area (Å²) in [5.41, 5.74) is 7.28. The number of rotatable bonds is 4. The molecule has 142 valence electrons. The van der Waals surface area contributed by atoms with Crippen LogP contribution in [0.1, 0.15) is 31.2 Å². The first kappa shape index (κ1) is 18.6. The molecule has 0 aromatic heterocycles. The van der Waals surface area contributed by atoms with E-state index in [1.54, 1.807) is 12.1 Å². The Morgan fingerprint density at radius 1 is 1.15 bits per heavy atom. The maximum Gasteiger partial charge on any atom is 0.205 e. The Labute approximate surface area is 157 Å². The number of benzene rings is 1. The van der Waals surface area contributed by atoms with Gasteiger partial charge in [-0.3, -0.25) is 4.79 Å². The highest BCUT2D eigenvalue weighted by Crippen LogP contribution is 2.50. The van der Waals surface area contributed by atoms with Crippen molar-refractivity contribution in [2.45, 2.75) is 25.7 Å². The molecule has 0 spiro atoms. The Balaban J connectivity index is 2.28. The highest BCUT2D eigenvalue weighted by atomic mass is 16.5. The van der Waals surface area contributed by atoms with E-state index < -0.39 is 5.92 Å². The maximum atomic E-state index is 12.9. The van der Waals surface area contributed by atoms with E-state index in [1.165, 1.54) is 21.3 Å². The molecule has 0 fully saturated rings. The lowest BCUT2D eigenvalue weighted by atomic mass is 9.75. The molecule has 0 saturated heterocycles. The Kier molecular flexibility index (Phi) is 5.00. The van der Waals surface area contributed by atoms with Gasteiger partial charge < -0.3 is 24.7 Å². The third-order valence-electron chi connectivity index (χ3n) is 4.91. The van der Waals surface area contributed by atoms with Gasteiger partial charge in [0, 0.05) is 24.0 Å². The van der Waals surface area contributed by atoms with E-state index in [-0.39, 0.29) is 23.2 Å². The average molecular weight is 370 g/mol. The number of ether oxygens (including phenoxy) is 4. The first-order chi connectivity index (χ1) is 13.0. The van der Waals surface area contributed by atoms with E-state index in [9.17, 15) is 10.1 Å². The molecule has 0 radical (unpaired) electrons. The summed E-state index contributed by atoms with van der Waals surface area (Å²) in [6.45, 7) is 1.98. The van der Waals surface area contributed by atoms with Crippen LogP contribution >= 0.6 is 0 Å². The second-order valence-electron chi connectivity index (χ2n) is 6.62. The van der Waals surface area contributed by atoms with Crippen LogP contribution in [0.25, 0.3) is 0 Å². The third-order valence-corrected chi connectivity index (χ3v) is 4.91. The molecule has 3 rings (SSSR count). The van der Waals surface area contributed by atoms with E-state index in [2.05, 4.69) is 6.07 Å². The molecule has 7 nitrogen and oxygen atoms in total. The Hall–Kier alpha value is -3.14. The van der Waals surface area contributed by atoms with E-state index in [0.29, 0.717) is 47.0 Å². The van der Waals surface area contributed by atoms with Crippen LogP contribution in [0.5, 0.6) is 17.2 Å². The summed E-state index contributed by atoms with van der Waals surface area (Å²) in [6.07, 6.45) is 0.986. The fourth-order valence-electron chi connectivity index (χ4n) is 3.76. The van der Waals surface area contributed by atoms with Crippen LogP contribution < -0.4 is 19.9 Å². The van der Waals surface area contributed by atoms with Gasteiger partial charge >= 0.3 is 0 Å². The van der Waals surface area contributed by atoms with Gasteiger partial charge in [-0.25, -0.2) is 0 Å². The number of nitrogens with zero attached hydrogens (tertiary/aromatic N) is 1. The van der Waals surface area contributed by atoms with Crippen LogP contribution in [0.3, 0.4) is 0 Å². The van der Waals surface area contributed by atoms with Crippen LogP contribution in [0.15, 0.2) is 34.9 Å². The molecule has 1 heterocycles. The lowest BCUT2D eigenvalue weighted by molar-refractivity contribution is -0.117. The normalized spacial score (nSPS) is 22.0. The second-order valence-corrected chi connectivity index (χ2v) is 6.62. The van der Waals surface area contributed by atoms with Gasteiger partial charge in [0.25, 0.3) is 0 Å². The van der Waals surface area contributed by atoms with Crippen molar-refractivity contribution in [3.63, 3.8) is 0 Å². The predicted molar refractivity (Wildman–Crippen MR) is 97.2 cm³/mol. The number of methoxy groups -OCH3 is 3. The fraction of sp³-hybridized carbons (Fsp3) is 0.400. The Morgan fingerprint density at radius 3 is 2.44 bits per heavy atom. The molecular weight excluding hydrogens is 348 g/mol. The minimum atomic E-state index is -0.673. The molecule has 2 N–H and O–H groups in total. The summed E-state index contributed by atoms with van der Waals surface area (Å²) >= 11 is 0. The van der Waals surface area contributed by atoms with Crippen LogP contribution in [-0.2, 0) is 9.53 Å². The number of Topliss-reactive ketones (excluding diaryl/α,β-unsaturated/α-hetero) is 1. The molecule has 0 bridgehead atoms. The van der Waals surface area contributed by atoms with Crippen molar-refractivity contribution >= 4 is 5.78 Å². The number of allylic oxidation sites excluding steroid dienone is 3. The van der Waals surface area contributed by atoms with Gasteiger partial charge in [-0.1, -0.05) is 13.0 Å². The van der Waals surface area contributed by atoms with Crippen LogP contribution in [-0.4, -0.2) is 27.1 Å². The summed E-state index contributed by atoms with van der Waals surface area (Å²) in [6, 6.07) is 5.58. The lowest BCUT2D eigenvalue weighted by Gasteiger charge is -2.33. The molecule has 2 atom stereocenters. The highest BCUT2D eigenvalue weighted by molar-refractivity contribution is 6.00. The molecule has 1 aromatic rings. The molecule has 0 amide bonds. The van der Waals surface area contributed by atoms with E-state index in [0.717, 1.165) is 0 Å². The van der Waals surface area contributed by atoms with E-state index in [4.69, 9.17) is 24.7 Å². The number of nitriles is 1. The Bertz CT molecular complexity index is 894. The van der Waals surface area contributed by atoms with Crippen LogP contribution in [0, 0.1) is 17.2 Å². The van der Waals surface area contributed by atoms with Gasteiger partial charge in [0.1, 0.15) is 17.4 Å². The molecule has 0 unspecified atom stereocenters. The monoisotopic (exact) mass is 370 g/mol. The topological polar surface area (TPSA) is 104 Å². The first-order valence-corrected chi connectivity index (χ1v) is 8.59. The van der Waals surface area contributed by atoms with Crippen molar-refractivity contribution in [2.24, 2.45) is 11.7 Å². The molecule has 0 saturated carbocycles. The predicted octanol–water partition coefficient (Wildman–Crippen LogP) is 2.77. The lowest BCUT2D eigenvalue weighted by Crippen LogP contribution is -2.30. The zero-order valence-electron chi connectivity index (χ0n) is 15.8.